The Balaban J connectivity index is 1.63. The number of aliphatic carboxylic acids is 1. The van der Waals surface area contributed by atoms with Crippen molar-refractivity contribution in [2.24, 2.45) is 11.8 Å². The number of ether oxygens (including phenoxy) is 1. The molecule has 1 unspecified atom stereocenters. The van der Waals surface area contributed by atoms with Gasteiger partial charge in [-0.1, -0.05) is 62.4 Å². The zero-order valence-corrected chi connectivity index (χ0v) is 18.6. The summed E-state index contributed by atoms with van der Waals surface area (Å²) in [5.41, 5.74) is 4.09. The molecule has 7 nitrogen and oxygen atoms in total. The molecule has 0 heterocycles. The Morgan fingerprint density at radius 1 is 1.00 bits per heavy atom. The van der Waals surface area contributed by atoms with Crippen LogP contribution in [-0.2, 0) is 14.3 Å². The minimum atomic E-state index is -5.02. The van der Waals surface area contributed by atoms with Gasteiger partial charge in [0.1, 0.15) is 12.6 Å². The molecule has 0 aromatic heterocycles. The second-order valence-electron chi connectivity index (χ2n) is 8.37. The minimum absolute atomic E-state index is 0.00144. The number of rotatable bonds is 8. The number of fused-ring (bicyclic) bond motifs is 3. The first-order valence-corrected chi connectivity index (χ1v) is 10.7. The summed E-state index contributed by atoms with van der Waals surface area (Å²) in [4.78, 5) is 35.7. The van der Waals surface area contributed by atoms with Crippen LogP contribution in [0.1, 0.15) is 30.9 Å². The van der Waals surface area contributed by atoms with Crippen molar-refractivity contribution in [3.63, 3.8) is 0 Å². The Hall–Kier alpha value is -3.56. The molecule has 2 amide bonds. The van der Waals surface area contributed by atoms with Crippen LogP contribution < -0.4 is 10.6 Å². The first-order valence-electron chi connectivity index (χ1n) is 10.7. The molecule has 0 spiro atoms. The number of hydrogen-bond acceptors (Lipinski definition) is 4. The summed E-state index contributed by atoms with van der Waals surface area (Å²) in [6.45, 7) is 2.04. The van der Waals surface area contributed by atoms with E-state index in [0.29, 0.717) is 0 Å². The molecular formula is C24H25F3N2O5. The number of alkyl carbamates (subject to hydrolysis) is 1. The maximum atomic E-state index is 12.8. The van der Waals surface area contributed by atoms with Crippen LogP contribution in [0.5, 0.6) is 0 Å². The molecule has 3 N–H and O–H groups in total. The molecule has 0 bridgehead atoms. The van der Waals surface area contributed by atoms with Gasteiger partial charge < -0.3 is 20.5 Å². The number of amides is 2. The van der Waals surface area contributed by atoms with Crippen LogP contribution in [0.15, 0.2) is 48.5 Å². The van der Waals surface area contributed by atoms with E-state index < -0.39 is 48.6 Å². The number of carboxylic acids is 1. The normalized spacial score (nSPS) is 14.6. The van der Waals surface area contributed by atoms with Gasteiger partial charge >= 0.3 is 18.2 Å². The fourth-order valence-electron chi connectivity index (χ4n) is 3.96. The van der Waals surface area contributed by atoms with E-state index >= 15 is 0 Å². The second-order valence-corrected chi connectivity index (χ2v) is 8.37. The number of benzene rings is 2. The average Bonchev–Trinajstić information content (AvgIpc) is 3.08. The summed E-state index contributed by atoms with van der Waals surface area (Å²) >= 11 is 0. The molecule has 0 saturated carbocycles. The van der Waals surface area contributed by atoms with Gasteiger partial charge in [0, 0.05) is 12.5 Å². The highest BCUT2D eigenvalue weighted by Gasteiger charge is 2.45. The van der Waals surface area contributed by atoms with Crippen molar-refractivity contribution in [1.82, 2.24) is 10.6 Å². The van der Waals surface area contributed by atoms with Crippen molar-refractivity contribution in [3.05, 3.63) is 59.7 Å². The zero-order valence-electron chi connectivity index (χ0n) is 18.6. The molecular weight excluding hydrogens is 453 g/mol. The first-order chi connectivity index (χ1) is 16.0. The largest absolute Gasteiger partial charge is 0.481 e. The third-order valence-corrected chi connectivity index (χ3v) is 5.74. The first kappa shape index (κ1) is 25.1. The molecule has 34 heavy (non-hydrogen) atoms. The molecule has 10 heteroatoms. The van der Waals surface area contributed by atoms with Gasteiger partial charge in [0.25, 0.3) is 0 Å². The fourth-order valence-corrected chi connectivity index (χ4v) is 3.96. The molecule has 2 atom stereocenters. The summed E-state index contributed by atoms with van der Waals surface area (Å²) in [7, 11) is 0. The van der Waals surface area contributed by atoms with Crippen molar-refractivity contribution in [3.8, 4) is 11.1 Å². The van der Waals surface area contributed by atoms with Gasteiger partial charge in [0.15, 0.2) is 5.92 Å². The lowest BCUT2D eigenvalue weighted by molar-refractivity contribution is -0.192. The van der Waals surface area contributed by atoms with Crippen LogP contribution in [0.3, 0.4) is 0 Å². The molecule has 0 aliphatic heterocycles. The third kappa shape index (κ3) is 5.49. The topological polar surface area (TPSA) is 105 Å². The maximum absolute atomic E-state index is 12.8. The Morgan fingerprint density at radius 2 is 1.53 bits per heavy atom. The van der Waals surface area contributed by atoms with Gasteiger partial charge in [-0.3, -0.25) is 9.59 Å². The SMILES string of the molecule is CC(C)[C@@H](NC(=O)OCC1c2ccccc2-c2ccccc21)C(=O)NCC(C(=O)O)C(F)(F)F. The van der Waals surface area contributed by atoms with Crippen molar-refractivity contribution < 1.29 is 37.4 Å². The molecule has 1 aliphatic rings. The fraction of sp³-hybridized carbons (Fsp3) is 0.375. The lowest BCUT2D eigenvalue weighted by Gasteiger charge is -2.23. The van der Waals surface area contributed by atoms with Crippen LogP contribution in [0.25, 0.3) is 11.1 Å². The number of hydrogen-bond donors (Lipinski definition) is 3. The summed E-state index contributed by atoms with van der Waals surface area (Å²) in [6, 6.07) is 14.3. The molecule has 0 saturated heterocycles. The number of carboxylic acid groups (broad SMARTS) is 1. The van der Waals surface area contributed by atoms with E-state index in [2.05, 4.69) is 5.32 Å². The predicted octanol–water partition coefficient (Wildman–Crippen LogP) is 3.93. The van der Waals surface area contributed by atoms with E-state index in [9.17, 15) is 27.6 Å². The Morgan fingerprint density at radius 3 is 2.00 bits per heavy atom. The van der Waals surface area contributed by atoms with Gasteiger partial charge in [0.2, 0.25) is 5.91 Å². The van der Waals surface area contributed by atoms with Crippen LogP contribution in [0.4, 0.5) is 18.0 Å². The molecule has 2 aromatic carbocycles. The number of carbonyl (C=O) groups is 3. The van der Waals surface area contributed by atoms with Gasteiger partial charge in [-0.25, -0.2) is 4.79 Å². The lowest BCUT2D eigenvalue weighted by Crippen LogP contribution is -2.52. The monoisotopic (exact) mass is 478 g/mol. The minimum Gasteiger partial charge on any atom is -0.481 e. The van der Waals surface area contributed by atoms with Crippen molar-refractivity contribution in [2.75, 3.05) is 13.2 Å². The highest BCUT2D eigenvalue weighted by atomic mass is 19.4. The van der Waals surface area contributed by atoms with E-state index in [4.69, 9.17) is 9.84 Å². The highest BCUT2D eigenvalue weighted by molar-refractivity contribution is 5.86. The Bertz CT molecular complexity index is 1030. The smallest absolute Gasteiger partial charge is 0.407 e. The number of halogens is 3. The molecule has 1 aliphatic carbocycles. The molecule has 182 valence electrons. The van der Waals surface area contributed by atoms with Crippen LogP contribution >= 0.6 is 0 Å². The van der Waals surface area contributed by atoms with Crippen molar-refractivity contribution in [1.29, 1.82) is 0 Å². The molecule has 0 fully saturated rings. The Labute approximate surface area is 194 Å². The van der Waals surface area contributed by atoms with Gasteiger partial charge in [-0.05, 0) is 28.2 Å². The van der Waals surface area contributed by atoms with E-state index in [1.54, 1.807) is 13.8 Å². The quantitative estimate of drug-likeness (QED) is 0.533. The highest BCUT2D eigenvalue weighted by Crippen LogP contribution is 2.44. The summed E-state index contributed by atoms with van der Waals surface area (Å²) in [5, 5.41) is 13.1. The summed E-state index contributed by atoms with van der Waals surface area (Å²) in [5.74, 6) is -6.47. The van der Waals surface area contributed by atoms with Crippen molar-refractivity contribution >= 4 is 18.0 Å². The number of nitrogens with one attached hydrogen (secondary N) is 2. The van der Waals surface area contributed by atoms with Gasteiger partial charge in [-0.2, -0.15) is 13.2 Å². The number of alkyl halides is 3. The molecule has 0 radical (unpaired) electrons. The van der Waals surface area contributed by atoms with Gasteiger partial charge in [-0.15, -0.1) is 0 Å². The van der Waals surface area contributed by atoms with Crippen LogP contribution in [-0.4, -0.2) is 48.4 Å². The number of carbonyl (C=O) groups excluding carboxylic acids is 2. The molecule has 3 rings (SSSR count). The summed E-state index contributed by atoms with van der Waals surface area (Å²) < 4.78 is 43.9. The maximum Gasteiger partial charge on any atom is 0.407 e. The second kappa shape index (κ2) is 10.1. The third-order valence-electron chi connectivity index (χ3n) is 5.74. The van der Waals surface area contributed by atoms with E-state index in [1.807, 2.05) is 53.8 Å². The van der Waals surface area contributed by atoms with Crippen molar-refractivity contribution in [2.45, 2.75) is 32.0 Å². The Kier molecular flexibility index (Phi) is 7.48. The van der Waals surface area contributed by atoms with Gasteiger partial charge in [0.05, 0.1) is 0 Å². The predicted molar refractivity (Wildman–Crippen MR) is 117 cm³/mol. The zero-order chi connectivity index (χ0) is 25.0. The van der Waals surface area contributed by atoms with E-state index in [1.165, 1.54) is 0 Å². The van der Waals surface area contributed by atoms with E-state index in [-0.39, 0.29) is 12.5 Å². The summed E-state index contributed by atoms with van der Waals surface area (Å²) in [6.07, 6.45) is -5.92. The van der Waals surface area contributed by atoms with Crippen LogP contribution in [0, 0.1) is 11.8 Å². The lowest BCUT2D eigenvalue weighted by atomic mass is 9.98. The van der Waals surface area contributed by atoms with Crippen LogP contribution in [0.2, 0.25) is 0 Å². The average molecular weight is 478 g/mol. The standard InChI is InChI=1S/C24H25F3N2O5/c1-13(2)20(21(30)28-11-19(22(31)32)24(25,26)27)29-23(33)34-12-18-16-9-5-3-7-14(16)15-8-4-6-10-17(15)18/h3-10,13,18-20H,11-12H2,1-2H3,(H,28,30)(H,29,33)(H,31,32)/t19?,20-/m1/s1. The van der Waals surface area contributed by atoms with E-state index in [0.717, 1.165) is 22.3 Å². The molecule has 2 aromatic rings.